The van der Waals surface area contributed by atoms with E-state index >= 15 is 0 Å². The van der Waals surface area contributed by atoms with Crippen LogP contribution in [-0.2, 0) is 10.0 Å². The van der Waals surface area contributed by atoms with Crippen molar-refractivity contribution in [2.24, 2.45) is 5.73 Å². The summed E-state index contributed by atoms with van der Waals surface area (Å²) in [4.78, 5) is 2.18. The molecule has 0 aromatic heterocycles. The summed E-state index contributed by atoms with van der Waals surface area (Å²) in [5.74, 6) is 0. The molecule has 0 saturated carbocycles. The van der Waals surface area contributed by atoms with E-state index < -0.39 is 15.6 Å². The van der Waals surface area contributed by atoms with Crippen LogP contribution >= 0.6 is 0 Å². The van der Waals surface area contributed by atoms with Gasteiger partial charge in [-0.15, -0.1) is 0 Å². The molecule has 1 rings (SSSR count). The molecule has 0 aliphatic heterocycles. The molecule has 0 atom stereocenters. The first-order valence-electron chi connectivity index (χ1n) is 7.23. The molecular formula is C15H27N3O2S. The van der Waals surface area contributed by atoms with Crippen LogP contribution < -0.4 is 15.4 Å². The van der Waals surface area contributed by atoms with Crippen molar-refractivity contribution >= 4 is 15.7 Å². The summed E-state index contributed by atoms with van der Waals surface area (Å²) >= 11 is 0. The zero-order chi connectivity index (χ0) is 16.3. The van der Waals surface area contributed by atoms with Gasteiger partial charge in [0.2, 0.25) is 10.0 Å². The van der Waals surface area contributed by atoms with Crippen molar-refractivity contribution in [1.82, 2.24) is 4.72 Å². The second-order valence-corrected chi connectivity index (χ2v) is 7.32. The van der Waals surface area contributed by atoms with Crippen molar-refractivity contribution in [1.29, 1.82) is 0 Å². The Bertz CT molecular complexity index is 570. The first-order chi connectivity index (χ1) is 9.71. The predicted octanol–water partition coefficient (Wildman–Crippen LogP) is 1.86. The van der Waals surface area contributed by atoms with E-state index in [1.165, 1.54) is 0 Å². The molecule has 3 N–H and O–H groups in total. The molecule has 21 heavy (non-hydrogen) atoms. The fourth-order valence-electron chi connectivity index (χ4n) is 2.31. The first kappa shape index (κ1) is 17.9. The summed E-state index contributed by atoms with van der Waals surface area (Å²) in [5.41, 5.74) is 7.13. The number of rotatable bonds is 7. The molecule has 1 aromatic carbocycles. The number of hydrogen-bond acceptors (Lipinski definition) is 4. The van der Waals surface area contributed by atoms with Gasteiger partial charge in [0, 0.05) is 31.9 Å². The highest BCUT2D eigenvalue weighted by Crippen LogP contribution is 2.24. The molecular weight excluding hydrogens is 286 g/mol. The van der Waals surface area contributed by atoms with E-state index in [0.717, 1.165) is 11.3 Å². The van der Waals surface area contributed by atoms with Gasteiger partial charge < -0.3 is 10.6 Å². The SMILES string of the molecule is CCC(CC)(CN)NS(=O)(=O)c1ccc(C)c(N(C)C)c1. The van der Waals surface area contributed by atoms with Crippen LogP contribution in [0, 0.1) is 6.92 Å². The summed E-state index contributed by atoms with van der Waals surface area (Å²) < 4.78 is 28.0. The highest BCUT2D eigenvalue weighted by atomic mass is 32.2. The summed E-state index contributed by atoms with van der Waals surface area (Å²) in [6.45, 7) is 6.13. The van der Waals surface area contributed by atoms with E-state index in [1.807, 2.05) is 45.8 Å². The number of nitrogens with two attached hydrogens (primary N) is 1. The molecule has 0 aliphatic carbocycles. The molecule has 5 nitrogen and oxygen atoms in total. The second kappa shape index (κ2) is 6.77. The number of anilines is 1. The van der Waals surface area contributed by atoms with Crippen molar-refractivity contribution < 1.29 is 8.42 Å². The lowest BCUT2D eigenvalue weighted by Gasteiger charge is -2.31. The Labute approximate surface area is 128 Å². The van der Waals surface area contributed by atoms with E-state index in [9.17, 15) is 8.42 Å². The number of nitrogens with one attached hydrogen (secondary N) is 1. The van der Waals surface area contributed by atoms with Crippen molar-refractivity contribution in [3.05, 3.63) is 23.8 Å². The smallest absolute Gasteiger partial charge is 0.241 e. The maximum atomic E-state index is 12.6. The van der Waals surface area contributed by atoms with E-state index in [-0.39, 0.29) is 11.4 Å². The van der Waals surface area contributed by atoms with Gasteiger partial charge in [-0.05, 0) is 37.5 Å². The quantitative estimate of drug-likeness (QED) is 0.805. The van der Waals surface area contributed by atoms with Gasteiger partial charge in [-0.1, -0.05) is 19.9 Å². The van der Waals surface area contributed by atoms with E-state index in [2.05, 4.69) is 4.72 Å². The van der Waals surface area contributed by atoms with Gasteiger partial charge in [-0.3, -0.25) is 0 Å². The highest BCUT2D eigenvalue weighted by molar-refractivity contribution is 7.89. The van der Waals surface area contributed by atoms with E-state index in [1.54, 1.807) is 12.1 Å². The van der Waals surface area contributed by atoms with Gasteiger partial charge in [0.15, 0.2) is 0 Å². The third kappa shape index (κ3) is 3.96. The third-order valence-corrected chi connectivity index (χ3v) is 5.64. The standard InChI is InChI=1S/C15H27N3O2S/c1-6-15(7-2,11-16)17-21(19,20)13-9-8-12(3)14(10-13)18(4)5/h8-10,17H,6-7,11,16H2,1-5H3. The Hall–Kier alpha value is -1.11. The van der Waals surface area contributed by atoms with Crippen molar-refractivity contribution in [3.8, 4) is 0 Å². The Morgan fingerprint density at radius 2 is 1.81 bits per heavy atom. The Kier molecular flexibility index (Phi) is 5.78. The van der Waals surface area contributed by atoms with E-state index in [4.69, 9.17) is 5.73 Å². The van der Waals surface area contributed by atoms with Gasteiger partial charge in [0.25, 0.3) is 0 Å². The summed E-state index contributed by atoms with van der Waals surface area (Å²) in [7, 11) is 0.211. The number of hydrogen-bond donors (Lipinski definition) is 2. The normalized spacial score (nSPS) is 12.5. The molecule has 0 amide bonds. The number of benzene rings is 1. The summed E-state index contributed by atoms with van der Waals surface area (Å²) in [6, 6.07) is 5.16. The summed E-state index contributed by atoms with van der Waals surface area (Å²) in [6.07, 6.45) is 1.32. The Balaban J connectivity index is 3.23. The molecule has 0 fully saturated rings. The van der Waals surface area contributed by atoms with Crippen molar-refractivity contribution in [2.75, 3.05) is 25.5 Å². The largest absolute Gasteiger partial charge is 0.377 e. The molecule has 0 aliphatic rings. The molecule has 1 aromatic rings. The van der Waals surface area contributed by atoms with Crippen LogP contribution in [-0.4, -0.2) is 34.6 Å². The van der Waals surface area contributed by atoms with Gasteiger partial charge in [0.1, 0.15) is 0 Å². The van der Waals surface area contributed by atoms with E-state index in [0.29, 0.717) is 12.8 Å². The number of nitrogens with zero attached hydrogens (tertiary/aromatic N) is 1. The lowest BCUT2D eigenvalue weighted by molar-refractivity contribution is 0.363. The van der Waals surface area contributed by atoms with Crippen LogP contribution in [0.2, 0.25) is 0 Å². The maximum Gasteiger partial charge on any atom is 0.241 e. The van der Waals surface area contributed by atoms with Crippen LogP contribution in [0.5, 0.6) is 0 Å². The third-order valence-electron chi connectivity index (χ3n) is 4.07. The Morgan fingerprint density at radius 1 is 1.24 bits per heavy atom. The van der Waals surface area contributed by atoms with Gasteiger partial charge in [-0.25, -0.2) is 13.1 Å². The highest BCUT2D eigenvalue weighted by Gasteiger charge is 2.31. The topological polar surface area (TPSA) is 75.4 Å². The minimum atomic E-state index is -3.58. The van der Waals surface area contributed by atoms with Gasteiger partial charge in [-0.2, -0.15) is 0 Å². The van der Waals surface area contributed by atoms with Crippen LogP contribution in [0.4, 0.5) is 5.69 Å². The minimum Gasteiger partial charge on any atom is -0.377 e. The van der Waals surface area contributed by atoms with Crippen LogP contribution in [0.3, 0.4) is 0 Å². The molecule has 0 saturated heterocycles. The lowest BCUT2D eigenvalue weighted by atomic mass is 9.95. The first-order valence-corrected chi connectivity index (χ1v) is 8.71. The number of sulfonamides is 1. The zero-order valence-corrected chi connectivity index (χ0v) is 14.4. The molecule has 120 valence electrons. The van der Waals surface area contributed by atoms with Crippen molar-refractivity contribution in [3.63, 3.8) is 0 Å². The van der Waals surface area contributed by atoms with Crippen molar-refractivity contribution in [2.45, 2.75) is 44.0 Å². The minimum absolute atomic E-state index is 0.275. The number of aryl methyl sites for hydroxylation is 1. The van der Waals surface area contributed by atoms with Crippen LogP contribution in [0.25, 0.3) is 0 Å². The van der Waals surface area contributed by atoms with Gasteiger partial charge in [0.05, 0.1) is 4.90 Å². The molecule has 0 heterocycles. The molecule has 0 unspecified atom stereocenters. The fraction of sp³-hybridized carbons (Fsp3) is 0.600. The molecule has 6 heteroatoms. The van der Waals surface area contributed by atoms with Crippen LogP contribution in [0.1, 0.15) is 32.3 Å². The molecule has 0 spiro atoms. The second-order valence-electron chi connectivity index (χ2n) is 5.64. The fourth-order valence-corrected chi connectivity index (χ4v) is 3.88. The monoisotopic (exact) mass is 313 g/mol. The maximum absolute atomic E-state index is 12.6. The molecule has 0 bridgehead atoms. The lowest BCUT2D eigenvalue weighted by Crippen LogP contribution is -2.52. The summed E-state index contributed by atoms with van der Waals surface area (Å²) in [5, 5.41) is 0. The molecule has 0 radical (unpaired) electrons. The Morgan fingerprint density at radius 3 is 2.24 bits per heavy atom. The van der Waals surface area contributed by atoms with Gasteiger partial charge >= 0.3 is 0 Å². The average molecular weight is 313 g/mol. The van der Waals surface area contributed by atoms with Crippen LogP contribution in [0.15, 0.2) is 23.1 Å². The average Bonchev–Trinajstić information content (AvgIpc) is 2.44. The zero-order valence-electron chi connectivity index (χ0n) is 13.6. The predicted molar refractivity (Wildman–Crippen MR) is 88.2 cm³/mol.